The van der Waals surface area contributed by atoms with Gasteiger partial charge in [0.1, 0.15) is 5.75 Å². The minimum atomic E-state index is -4.38. The Labute approximate surface area is 185 Å². The van der Waals surface area contributed by atoms with Crippen LogP contribution < -0.4 is 15.4 Å². The topological polar surface area (TPSA) is 62.8 Å². The van der Waals surface area contributed by atoms with Crippen LogP contribution in [0.2, 0.25) is 0 Å². The first-order valence-electron chi connectivity index (χ1n) is 10.5. The predicted octanol–water partition coefficient (Wildman–Crippen LogP) is 4.02. The van der Waals surface area contributed by atoms with E-state index in [1.54, 1.807) is 19.1 Å². The van der Waals surface area contributed by atoms with Crippen LogP contribution >= 0.6 is 0 Å². The Hall–Kier alpha value is -2.78. The molecule has 0 spiro atoms. The minimum Gasteiger partial charge on any atom is -0.484 e. The number of urea groups is 1. The zero-order chi connectivity index (χ0) is 23.0. The van der Waals surface area contributed by atoms with Crippen molar-refractivity contribution in [3.63, 3.8) is 0 Å². The lowest BCUT2D eigenvalue weighted by atomic mass is 10.1. The molecule has 2 amide bonds. The van der Waals surface area contributed by atoms with Gasteiger partial charge >= 0.3 is 12.2 Å². The molecule has 2 N–H and O–H groups in total. The molecule has 1 aliphatic rings. The smallest absolute Gasteiger partial charge is 0.422 e. The van der Waals surface area contributed by atoms with Crippen molar-refractivity contribution < 1.29 is 27.4 Å². The maximum absolute atomic E-state index is 12.4. The van der Waals surface area contributed by atoms with Crippen molar-refractivity contribution in [1.29, 1.82) is 0 Å². The molecule has 1 aliphatic heterocycles. The predicted molar refractivity (Wildman–Crippen MR) is 114 cm³/mol. The molecule has 32 heavy (non-hydrogen) atoms. The monoisotopic (exact) mass is 451 g/mol. The Bertz CT molecular complexity index is 869. The van der Waals surface area contributed by atoms with Gasteiger partial charge in [-0.1, -0.05) is 36.4 Å². The van der Waals surface area contributed by atoms with Crippen LogP contribution in [0.4, 0.5) is 18.0 Å². The molecule has 1 fully saturated rings. The van der Waals surface area contributed by atoms with E-state index in [9.17, 15) is 18.0 Å². The van der Waals surface area contributed by atoms with Crippen molar-refractivity contribution in [2.75, 3.05) is 32.9 Å². The first-order chi connectivity index (χ1) is 15.3. The van der Waals surface area contributed by atoms with Gasteiger partial charge < -0.3 is 20.1 Å². The molecule has 1 saturated heterocycles. The van der Waals surface area contributed by atoms with Gasteiger partial charge in [0.15, 0.2) is 6.61 Å². The van der Waals surface area contributed by atoms with E-state index in [2.05, 4.69) is 21.6 Å². The first-order valence-corrected chi connectivity index (χ1v) is 10.5. The fourth-order valence-electron chi connectivity index (χ4n) is 3.41. The highest BCUT2D eigenvalue weighted by atomic mass is 19.4. The van der Waals surface area contributed by atoms with E-state index in [1.807, 2.05) is 18.2 Å². The number of carbonyl (C=O) groups excluding carboxylic acids is 1. The Morgan fingerprint density at radius 3 is 2.41 bits per heavy atom. The normalized spacial score (nSPS) is 15.8. The quantitative estimate of drug-likeness (QED) is 0.637. The van der Waals surface area contributed by atoms with Crippen molar-refractivity contribution >= 4 is 6.03 Å². The van der Waals surface area contributed by atoms with Crippen LogP contribution in [-0.4, -0.2) is 50.0 Å². The van der Waals surface area contributed by atoms with Crippen LogP contribution in [0.3, 0.4) is 0 Å². The molecule has 0 aliphatic carbocycles. The second-order valence-electron chi connectivity index (χ2n) is 7.68. The maximum atomic E-state index is 12.4. The lowest BCUT2D eigenvalue weighted by Gasteiger charge is -2.27. The van der Waals surface area contributed by atoms with Crippen LogP contribution in [0, 0.1) is 0 Å². The molecule has 9 heteroatoms. The molecule has 1 heterocycles. The highest BCUT2D eigenvalue weighted by Crippen LogP contribution is 2.21. The highest BCUT2D eigenvalue weighted by Gasteiger charge is 2.28. The lowest BCUT2D eigenvalue weighted by Crippen LogP contribution is -2.37. The molecule has 6 nitrogen and oxygen atoms in total. The zero-order valence-corrected chi connectivity index (χ0v) is 18.0. The Morgan fingerprint density at radius 1 is 1.09 bits per heavy atom. The highest BCUT2D eigenvalue weighted by molar-refractivity contribution is 5.74. The van der Waals surface area contributed by atoms with Gasteiger partial charge in [-0.2, -0.15) is 13.2 Å². The van der Waals surface area contributed by atoms with Crippen LogP contribution in [0.5, 0.6) is 5.75 Å². The van der Waals surface area contributed by atoms with Crippen molar-refractivity contribution in [2.24, 2.45) is 0 Å². The third kappa shape index (κ3) is 7.72. The van der Waals surface area contributed by atoms with Crippen LogP contribution in [-0.2, 0) is 17.8 Å². The van der Waals surface area contributed by atoms with E-state index in [-0.39, 0.29) is 17.8 Å². The van der Waals surface area contributed by atoms with E-state index >= 15 is 0 Å². The van der Waals surface area contributed by atoms with E-state index < -0.39 is 12.8 Å². The number of hydrogen-bond acceptors (Lipinski definition) is 4. The van der Waals surface area contributed by atoms with E-state index in [0.29, 0.717) is 6.54 Å². The van der Waals surface area contributed by atoms with Gasteiger partial charge in [0.25, 0.3) is 0 Å². The number of carbonyl (C=O) groups is 1. The van der Waals surface area contributed by atoms with E-state index in [1.165, 1.54) is 12.1 Å². The summed E-state index contributed by atoms with van der Waals surface area (Å²) in [5.74, 6) is 0.125. The Balaban J connectivity index is 1.48. The molecule has 0 saturated carbocycles. The molecule has 0 aromatic heterocycles. The molecular formula is C23H28F3N3O3. The summed E-state index contributed by atoms with van der Waals surface area (Å²) in [6.07, 6.45) is -4.38. The van der Waals surface area contributed by atoms with Gasteiger partial charge in [-0.25, -0.2) is 4.79 Å². The summed E-state index contributed by atoms with van der Waals surface area (Å²) in [6, 6.07) is 13.5. The van der Waals surface area contributed by atoms with Gasteiger partial charge in [0.2, 0.25) is 0 Å². The molecule has 2 aromatic rings. The number of amides is 2. The van der Waals surface area contributed by atoms with Gasteiger partial charge in [0, 0.05) is 26.2 Å². The summed E-state index contributed by atoms with van der Waals surface area (Å²) in [5, 5.41) is 5.73. The van der Waals surface area contributed by atoms with Crippen molar-refractivity contribution in [3.05, 3.63) is 65.2 Å². The van der Waals surface area contributed by atoms with Crippen LogP contribution in [0.25, 0.3) is 0 Å². The van der Waals surface area contributed by atoms with Crippen LogP contribution in [0.1, 0.15) is 29.7 Å². The maximum Gasteiger partial charge on any atom is 0.422 e. The zero-order valence-electron chi connectivity index (χ0n) is 18.0. The number of halogens is 3. The van der Waals surface area contributed by atoms with Crippen LogP contribution in [0.15, 0.2) is 48.5 Å². The second-order valence-corrected chi connectivity index (χ2v) is 7.68. The average molecular weight is 451 g/mol. The molecule has 1 unspecified atom stereocenters. The van der Waals surface area contributed by atoms with Gasteiger partial charge in [-0.15, -0.1) is 0 Å². The van der Waals surface area contributed by atoms with Crippen molar-refractivity contribution in [1.82, 2.24) is 15.5 Å². The summed E-state index contributed by atoms with van der Waals surface area (Å²) in [4.78, 5) is 14.7. The number of ether oxygens (including phenoxy) is 2. The van der Waals surface area contributed by atoms with Gasteiger partial charge in [-0.3, -0.25) is 4.90 Å². The summed E-state index contributed by atoms with van der Waals surface area (Å²) < 4.78 is 46.8. The van der Waals surface area contributed by atoms with Crippen molar-refractivity contribution in [3.8, 4) is 5.75 Å². The number of hydrogen-bond donors (Lipinski definition) is 2. The largest absolute Gasteiger partial charge is 0.484 e. The van der Waals surface area contributed by atoms with Gasteiger partial charge in [-0.05, 0) is 35.7 Å². The third-order valence-electron chi connectivity index (χ3n) is 5.19. The van der Waals surface area contributed by atoms with E-state index in [4.69, 9.17) is 9.47 Å². The molecule has 1 atom stereocenters. The minimum absolute atomic E-state index is 0.125. The fraction of sp³-hybridized carbons (Fsp3) is 0.435. The molecule has 3 rings (SSSR count). The molecule has 0 bridgehead atoms. The molecular weight excluding hydrogens is 423 g/mol. The number of alkyl halides is 3. The first kappa shape index (κ1) is 23.9. The second kappa shape index (κ2) is 11.2. The summed E-state index contributed by atoms with van der Waals surface area (Å²) in [5.41, 5.74) is 2.97. The number of benzene rings is 2. The number of morpholine rings is 1. The fourth-order valence-corrected chi connectivity index (χ4v) is 3.41. The average Bonchev–Trinajstić information content (AvgIpc) is 2.77. The Morgan fingerprint density at radius 2 is 1.75 bits per heavy atom. The Kier molecular flexibility index (Phi) is 8.35. The molecule has 174 valence electrons. The standard InChI is InChI=1S/C23H28F3N3O3/c1-17(18-6-8-21(9-7-18)32-16-23(24,25)26)28-22(30)27-14-19-4-2-3-5-20(19)15-29-10-12-31-13-11-29/h2-9,17H,10-16H2,1H3,(H2,27,28,30). The summed E-state index contributed by atoms with van der Waals surface area (Å²) in [7, 11) is 0. The molecule has 2 aromatic carbocycles. The lowest BCUT2D eigenvalue weighted by molar-refractivity contribution is -0.153. The van der Waals surface area contributed by atoms with Crippen molar-refractivity contribution in [2.45, 2.75) is 32.2 Å². The number of nitrogens with one attached hydrogen (secondary N) is 2. The van der Waals surface area contributed by atoms with Gasteiger partial charge in [0.05, 0.1) is 19.3 Å². The SMILES string of the molecule is CC(NC(=O)NCc1ccccc1CN1CCOCC1)c1ccc(OCC(F)(F)F)cc1. The summed E-state index contributed by atoms with van der Waals surface area (Å²) in [6.45, 7) is 4.91. The number of rotatable bonds is 8. The number of nitrogens with zero attached hydrogens (tertiary/aromatic N) is 1. The third-order valence-corrected chi connectivity index (χ3v) is 5.19. The molecule has 0 radical (unpaired) electrons. The summed E-state index contributed by atoms with van der Waals surface area (Å²) >= 11 is 0. The van der Waals surface area contributed by atoms with E-state index in [0.717, 1.165) is 49.5 Å².